The number of aromatic nitrogens is 3. The Morgan fingerprint density at radius 2 is 2.15 bits per heavy atom. The third-order valence-electron chi connectivity index (χ3n) is 5.84. The summed E-state index contributed by atoms with van der Waals surface area (Å²) in [5.74, 6) is 0.521. The Hall–Kier alpha value is -1.74. The van der Waals surface area contributed by atoms with Gasteiger partial charge in [-0.2, -0.15) is 0 Å². The smallest absolute Gasteiger partial charge is 0.147 e. The molecule has 5 rings (SSSR count). The average molecular weight is 358 g/mol. The molecule has 26 heavy (non-hydrogen) atoms. The number of likely N-dealkylation sites (tertiary alicyclic amines) is 1. The molecule has 2 atom stereocenters. The number of hydrogen-bond acceptors (Lipinski definition) is 7. The first-order valence-electron chi connectivity index (χ1n) is 9.39. The maximum absolute atomic E-state index is 6.37. The highest BCUT2D eigenvalue weighted by atomic mass is 16.5. The fourth-order valence-electron chi connectivity index (χ4n) is 4.74. The Morgan fingerprint density at radius 1 is 1.27 bits per heavy atom. The second kappa shape index (κ2) is 6.16. The van der Waals surface area contributed by atoms with Gasteiger partial charge in [-0.15, -0.1) is 0 Å². The fraction of sp³-hybridized carbons (Fsp3) is 0.667. The van der Waals surface area contributed by atoms with Gasteiger partial charge in [0.15, 0.2) is 0 Å². The first-order chi connectivity index (χ1) is 12.6. The molecule has 1 spiro atoms. The molecule has 0 amide bonds. The van der Waals surface area contributed by atoms with Crippen LogP contribution in [0.5, 0.6) is 0 Å². The Balaban J connectivity index is 1.24. The zero-order valence-electron chi connectivity index (χ0n) is 15.2. The Labute approximate surface area is 152 Å². The average Bonchev–Trinajstić information content (AvgIpc) is 3.21. The lowest BCUT2D eigenvalue weighted by Gasteiger charge is -2.53. The second-order valence-electron chi connectivity index (χ2n) is 7.95. The van der Waals surface area contributed by atoms with Crippen LogP contribution in [0.3, 0.4) is 0 Å². The van der Waals surface area contributed by atoms with Crippen LogP contribution >= 0.6 is 0 Å². The van der Waals surface area contributed by atoms with Crippen LogP contribution in [0.25, 0.3) is 11.0 Å². The van der Waals surface area contributed by atoms with Crippen molar-refractivity contribution in [2.45, 2.75) is 30.8 Å². The number of fused-ring (bicyclic) bond motifs is 1. The molecule has 0 radical (unpaired) electrons. The summed E-state index contributed by atoms with van der Waals surface area (Å²) in [6, 6.07) is 1.97. The lowest BCUT2D eigenvalue weighted by atomic mass is 9.92. The van der Waals surface area contributed by atoms with E-state index < -0.39 is 0 Å². The monoisotopic (exact) mass is 358 g/mol. The van der Waals surface area contributed by atoms with Gasteiger partial charge in [0.05, 0.1) is 18.1 Å². The Bertz CT molecular complexity index is 797. The maximum atomic E-state index is 6.37. The van der Waals surface area contributed by atoms with Crippen molar-refractivity contribution < 1.29 is 9.47 Å². The predicted molar refractivity (Wildman–Crippen MR) is 97.7 cm³/mol. The van der Waals surface area contributed by atoms with Gasteiger partial charge in [-0.05, 0) is 26.0 Å². The van der Waals surface area contributed by atoms with Crippen LogP contribution in [0.15, 0.2) is 18.6 Å². The van der Waals surface area contributed by atoms with Gasteiger partial charge in [0.2, 0.25) is 0 Å². The van der Waals surface area contributed by atoms with Gasteiger partial charge in [0.25, 0.3) is 0 Å². The van der Waals surface area contributed by atoms with E-state index in [0.717, 1.165) is 63.2 Å². The molecule has 0 aliphatic carbocycles. The predicted octanol–water partition coefficient (Wildman–Crippen LogP) is 0.708. The highest BCUT2D eigenvalue weighted by Crippen LogP contribution is 2.33. The summed E-state index contributed by atoms with van der Waals surface area (Å²) < 4.78 is 14.5. The van der Waals surface area contributed by atoms with Gasteiger partial charge >= 0.3 is 0 Å². The van der Waals surface area contributed by atoms with Crippen LogP contribution in [-0.4, -0.2) is 82.4 Å². The van der Waals surface area contributed by atoms with Gasteiger partial charge in [-0.1, -0.05) is 0 Å². The van der Waals surface area contributed by atoms with E-state index in [-0.39, 0.29) is 17.9 Å². The summed E-state index contributed by atoms with van der Waals surface area (Å²) in [5.41, 5.74) is 6.85. The lowest BCUT2D eigenvalue weighted by Crippen LogP contribution is -2.69. The van der Waals surface area contributed by atoms with Crippen LogP contribution in [0.1, 0.15) is 19.1 Å². The van der Waals surface area contributed by atoms with E-state index in [1.807, 2.05) is 12.3 Å². The summed E-state index contributed by atoms with van der Waals surface area (Å²) in [4.78, 5) is 13.3. The summed E-state index contributed by atoms with van der Waals surface area (Å²) in [6.07, 6.45) is 5.87. The van der Waals surface area contributed by atoms with Crippen LogP contribution in [0, 0.1) is 0 Å². The molecule has 2 aromatic rings. The number of anilines is 1. The molecular formula is C18H26N6O2. The number of likely N-dealkylation sites (N-methyl/N-ethyl adjacent to an activating group) is 1. The number of ether oxygens (including phenoxy) is 2. The van der Waals surface area contributed by atoms with Gasteiger partial charge in [-0.25, -0.2) is 9.97 Å². The van der Waals surface area contributed by atoms with E-state index in [1.54, 1.807) is 0 Å². The molecule has 0 aromatic carbocycles. The number of rotatable bonds is 3. The number of nitrogens with zero attached hydrogens (tertiary/aromatic N) is 5. The highest BCUT2D eigenvalue weighted by Gasteiger charge is 2.46. The van der Waals surface area contributed by atoms with E-state index in [4.69, 9.17) is 15.2 Å². The van der Waals surface area contributed by atoms with Crippen molar-refractivity contribution in [1.82, 2.24) is 24.3 Å². The first kappa shape index (κ1) is 16.4. The molecule has 140 valence electrons. The van der Waals surface area contributed by atoms with Gasteiger partial charge in [0.1, 0.15) is 29.6 Å². The van der Waals surface area contributed by atoms with E-state index in [9.17, 15) is 0 Å². The van der Waals surface area contributed by atoms with Crippen molar-refractivity contribution in [2.24, 2.45) is 0 Å². The SMILES string of the molecule is CN1CC2(C1)CN(CC1CCC(n3ccc4c(N)ncnc43)O1)CCO2. The van der Waals surface area contributed by atoms with Crippen molar-refractivity contribution in [3.63, 3.8) is 0 Å². The summed E-state index contributed by atoms with van der Waals surface area (Å²) >= 11 is 0. The Morgan fingerprint density at radius 3 is 3.00 bits per heavy atom. The quantitative estimate of drug-likeness (QED) is 0.865. The van der Waals surface area contributed by atoms with Crippen LogP contribution in [0.4, 0.5) is 5.82 Å². The maximum Gasteiger partial charge on any atom is 0.147 e. The van der Waals surface area contributed by atoms with Crippen molar-refractivity contribution in [3.8, 4) is 0 Å². The molecule has 2 unspecified atom stereocenters. The molecule has 3 aliphatic rings. The largest absolute Gasteiger partial charge is 0.383 e. The van der Waals surface area contributed by atoms with Crippen molar-refractivity contribution in [1.29, 1.82) is 0 Å². The molecule has 8 nitrogen and oxygen atoms in total. The van der Waals surface area contributed by atoms with Crippen LogP contribution in [-0.2, 0) is 9.47 Å². The van der Waals surface area contributed by atoms with Crippen molar-refractivity contribution in [3.05, 3.63) is 18.6 Å². The number of nitrogens with two attached hydrogens (primary N) is 1. The molecule has 3 fully saturated rings. The van der Waals surface area contributed by atoms with Gasteiger partial charge < -0.3 is 24.7 Å². The standard InChI is InChI=1S/C18H26N6O2/c1-22-9-18(10-22)11-23(6-7-25-18)8-13-2-3-15(26-13)24-5-4-14-16(19)20-12-21-17(14)24/h4-5,12-13,15H,2-3,6-11H2,1H3,(H2,19,20,21). The highest BCUT2D eigenvalue weighted by molar-refractivity contribution is 5.86. The number of nitrogen functional groups attached to an aromatic ring is 1. The topological polar surface area (TPSA) is 81.7 Å². The first-order valence-corrected chi connectivity index (χ1v) is 9.39. The molecule has 5 heterocycles. The molecule has 2 N–H and O–H groups in total. The molecule has 3 saturated heterocycles. The number of morpholine rings is 1. The summed E-state index contributed by atoms with van der Waals surface area (Å²) in [5, 5.41) is 0.892. The van der Waals surface area contributed by atoms with E-state index in [1.165, 1.54) is 6.33 Å². The molecule has 0 saturated carbocycles. The molecular weight excluding hydrogens is 332 g/mol. The molecule has 3 aliphatic heterocycles. The van der Waals surface area contributed by atoms with Crippen LogP contribution < -0.4 is 5.73 Å². The minimum absolute atomic E-state index is 0.0247. The molecule has 0 bridgehead atoms. The minimum atomic E-state index is 0.0247. The number of hydrogen-bond donors (Lipinski definition) is 1. The molecule has 2 aromatic heterocycles. The van der Waals surface area contributed by atoms with E-state index in [2.05, 4.69) is 31.4 Å². The summed E-state index contributed by atoms with van der Waals surface area (Å²) in [6.45, 7) is 5.87. The van der Waals surface area contributed by atoms with Crippen molar-refractivity contribution >= 4 is 16.9 Å². The van der Waals surface area contributed by atoms with Crippen LogP contribution in [0.2, 0.25) is 0 Å². The van der Waals surface area contributed by atoms with Gasteiger partial charge in [-0.3, -0.25) is 4.90 Å². The van der Waals surface area contributed by atoms with E-state index in [0.29, 0.717) is 5.82 Å². The second-order valence-corrected chi connectivity index (χ2v) is 7.95. The fourth-order valence-corrected chi connectivity index (χ4v) is 4.74. The third kappa shape index (κ3) is 2.77. The zero-order valence-corrected chi connectivity index (χ0v) is 15.2. The Kier molecular flexibility index (Phi) is 3.89. The molecule has 8 heteroatoms. The van der Waals surface area contributed by atoms with Gasteiger partial charge in [0, 0.05) is 38.9 Å². The van der Waals surface area contributed by atoms with E-state index >= 15 is 0 Å². The summed E-state index contributed by atoms with van der Waals surface area (Å²) in [7, 11) is 2.15. The lowest BCUT2D eigenvalue weighted by molar-refractivity contribution is -0.181. The van der Waals surface area contributed by atoms with Crippen molar-refractivity contribution in [2.75, 3.05) is 52.1 Å². The zero-order chi connectivity index (χ0) is 17.7. The normalized spacial score (nSPS) is 29.4. The third-order valence-corrected chi connectivity index (χ3v) is 5.84. The minimum Gasteiger partial charge on any atom is -0.383 e.